The number of carbonyl (C=O) groups is 1. The van der Waals surface area contributed by atoms with E-state index in [0.717, 1.165) is 13.0 Å². The van der Waals surface area contributed by atoms with Gasteiger partial charge in [-0.2, -0.15) is 0 Å². The van der Waals surface area contributed by atoms with Gasteiger partial charge in [0, 0.05) is 13.1 Å². The van der Waals surface area contributed by atoms with Crippen molar-refractivity contribution in [2.75, 3.05) is 13.6 Å². The van der Waals surface area contributed by atoms with Crippen LogP contribution < -0.4 is 5.32 Å². The SMILES string of the molecule is CN(C(=O)[C@H]1CCCCN1)C1CCCCCC1. The highest BCUT2D eigenvalue weighted by Crippen LogP contribution is 2.22. The summed E-state index contributed by atoms with van der Waals surface area (Å²) < 4.78 is 0. The molecule has 0 aromatic heterocycles. The van der Waals surface area contributed by atoms with E-state index in [-0.39, 0.29) is 6.04 Å². The third-order valence-corrected chi connectivity index (χ3v) is 4.33. The fourth-order valence-corrected chi connectivity index (χ4v) is 3.13. The third kappa shape index (κ3) is 3.44. The smallest absolute Gasteiger partial charge is 0.239 e. The largest absolute Gasteiger partial charge is 0.341 e. The number of piperidine rings is 1. The number of hydrogen-bond acceptors (Lipinski definition) is 2. The predicted octanol–water partition coefficient (Wildman–Crippen LogP) is 2.31. The van der Waals surface area contributed by atoms with Crippen LogP contribution in [0.3, 0.4) is 0 Å². The Hall–Kier alpha value is -0.570. The van der Waals surface area contributed by atoms with E-state index in [1.54, 1.807) is 0 Å². The van der Waals surface area contributed by atoms with E-state index in [9.17, 15) is 4.79 Å². The second-order valence-electron chi connectivity index (χ2n) is 5.60. The molecule has 0 aromatic rings. The maximum absolute atomic E-state index is 12.4. The monoisotopic (exact) mass is 238 g/mol. The van der Waals surface area contributed by atoms with Crippen LogP contribution in [-0.2, 0) is 4.79 Å². The number of carbonyl (C=O) groups excluding carboxylic acids is 1. The molecule has 2 fully saturated rings. The summed E-state index contributed by atoms with van der Waals surface area (Å²) >= 11 is 0. The molecule has 0 aromatic carbocycles. The van der Waals surface area contributed by atoms with E-state index in [4.69, 9.17) is 0 Å². The maximum Gasteiger partial charge on any atom is 0.239 e. The maximum atomic E-state index is 12.4. The second-order valence-corrected chi connectivity index (χ2v) is 5.60. The van der Waals surface area contributed by atoms with Crippen LogP contribution in [0, 0.1) is 0 Å². The van der Waals surface area contributed by atoms with Crippen molar-refractivity contribution in [3.63, 3.8) is 0 Å². The third-order valence-electron chi connectivity index (χ3n) is 4.33. The summed E-state index contributed by atoms with van der Waals surface area (Å²) in [4.78, 5) is 14.4. The summed E-state index contributed by atoms with van der Waals surface area (Å²) in [6.45, 7) is 1.01. The Bertz CT molecular complexity index is 241. The molecule has 17 heavy (non-hydrogen) atoms. The molecule has 1 aliphatic heterocycles. The first-order valence-electron chi connectivity index (χ1n) is 7.29. The van der Waals surface area contributed by atoms with Crippen molar-refractivity contribution in [3.8, 4) is 0 Å². The molecule has 1 saturated heterocycles. The Kier molecular flexibility index (Phi) is 4.84. The van der Waals surface area contributed by atoms with Gasteiger partial charge in [0.1, 0.15) is 0 Å². The minimum Gasteiger partial charge on any atom is -0.341 e. The molecule has 1 saturated carbocycles. The van der Waals surface area contributed by atoms with Crippen LogP contribution in [0.5, 0.6) is 0 Å². The molecule has 0 spiro atoms. The lowest BCUT2D eigenvalue weighted by atomic mass is 10.0. The summed E-state index contributed by atoms with van der Waals surface area (Å²) in [7, 11) is 2.01. The summed E-state index contributed by atoms with van der Waals surface area (Å²) in [5.74, 6) is 0.330. The van der Waals surface area contributed by atoms with Gasteiger partial charge in [-0.3, -0.25) is 4.79 Å². The van der Waals surface area contributed by atoms with Gasteiger partial charge in [-0.05, 0) is 32.2 Å². The van der Waals surface area contributed by atoms with Crippen LogP contribution in [0.2, 0.25) is 0 Å². The highest BCUT2D eigenvalue weighted by Gasteiger charge is 2.27. The molecule has 2 aliphatic rings. The van der Waals surface area contributed by atoms with E-state index in [0.29, 0.717) is 11.9 Å². The molecule has 1 heterocycles. The first kappa shape index (κ1) is 12.9. The van der Waals surface area contributed by atoms with Crippen molar-refractivity contribution in [2.24, 2.45) is 0 Å². The van der Waals surface area contributed by atoms with Gasteiger partial charge in [-0.15, -0.1) is 0 Å². The molecule has 0 radical (unpaired) electrons. The van der Waals surface area contributed by atoms with E-state index < -0.39 is 0 Å². The molecule has 98 valence electrons. The summed E-state index contributed by atoms with van der Waals surface area (Å²) in [6, 6.07) is 0.589. The Morgan fingerprint density at radius 1 is 1.00 bits per heavy atom. The molecule has 3 heteroatoms. The zero-order valence-electron chi connectivity index (χ0n) is 11.1. The van der Waals surface area contributed by atoms with Crippen molar-refractivity contribution in [2.45, 2.75) is 69.9 Å². The first-order chi connectivity index (χ1) is 8.29. The second kappa shape index (κ2) is 6.39. The van der Waals surface area contributed by atoms with Gasteiger partial charge in [0.25, 0.3) is 0 Å². The highest BCUT2D eigenvalue weighted by atomic mass is 16.2. The molecular weight excluding hydrogens is 212 g/mol. The lowest BCUT2D eigenvalue weighted by Gasteiger charge is -2.32. The average molecular weight is 238 g/mol. The van der Waals surface area contributed by atoms with E-state index in [1.165, 1.54) is 51.4 Å². The lowest BCUT2D eigenvalue weighted by molar-refractivity contribution is -0.135. The standard InChI is InChI=1S/C14H26N2O/c1-16(12-8-4-2-3-5-9-12)14(17)13-10-6-7-11-15-13/h12-13,15H,2-11H2,1H3/t13-/m1/s1. The van der Waals surface area contributed by atoms with Gasteiger partial charge in [0.15, 0.2) is 0 Å². The van der Waals surface area contributed by atoms with Gasteiger partial charge < -0.3 is 10.2 Å². The van der Waals surface area contributed by atoms with Crippen molar-refractivity contribution in [1.29, 1.82) is 0 Å². The quantitative estimate of drug-likeness (QED) is 0.749. The first-order valence-corrected chi connectivity index (χ1v) is 7.29. The molecule has 1 aliphatic carbocycles. The fourth-order valence-electron chi connectivity index (χ4n) is 3.13. The molecule has 2 rings (SSSR count). The van der Waals surface area contributed by atoms with Crippen LogP contribution in [0.15, 0.2) is 0 Å². The van der Waals surface area contributed by atoms with Crippen LogP contribution in [-0.4, -0.2) is 36.5 Å². The molecule has 1 amide bonds. The van der Waals surface area contributed by atoms with Crippen molar-refractivity contribution >= 4 is 5.91 Å². The van der Waals surface area contributed by atoms with Gasteiger partial charge in [0.05, 0.1) is 6.04 Å². The number of nitrogens with zero attached hydrogens (tertiary/aromatic N) is 1. The zero-order valence-corrected chi connectivity index (χ0v) is 11.1. The molecule has 0 unspecified atom stereocenters. The number of likely N-dealkylation sites (N-methyl/N-ethyl adjacent to an activating group) is 1. The van der Waals surface area contributed by atoms with Crippen molar-refractivity contribution < 1.29 is 4.79 Å². The lowest BCUT2D eigenvalue weighted by Crippen LogP contribution is -2.50. The predicted molar refractivity (Wildman–Crippen MR) is 69.9 cm³/mol. The molecule has 0 bridgehead atoms. The van der Waals surface area contributed by atoms with Crippen LogP contribution in [0.1, 0.15) is 57.8 Å². The fraction of sp³-hybridized carbons (Fsp3) is 0.929. The number of rotatable bonds is 2. The zero-order chi connectivity index (χ0) is 12.1. The van der Waals surface area contributed by atoms with E-state index in [1.807, 2.05) is 11.9 Å². The van der Waals surface area contributed by atoms with E-state index in [2.05, 4.69) is 5.32 Å². The Morgan fingerprint density at radius 3 is 2.24 bits per heavy atom. The van der Waals surface area contributed by atoms with E-state index >= 15 is 0 Å². The Labute approximate surface area is 105 Å². The number of hydrogen-bond donors (Lipinski definition) is 1. The van der Waals surface area contributed by atoms with Gasteiger partial charge in [-0.25, -0.2) is 0 Å². The molecule has 1 atom stereocenters. The van der Waals surface area contributed by atoms with Gasteiger partial charge in [-0.1, -0.05) is 32.1 Å². The summed E-state index contributed by atoms with van der Waals surface area (Å²) in [5.41, 5.74) is 0. The van der Waals surface area contributed by atoms with Crippen molar-refractivity contribution in [1.82, 2.24) is 10.2 Å². The number of amides is 1. The van der Waals surface area contributed by atoms with Crippen LogP contribution >= 0.6 is 0 Å². The van der Waals surface area contributed by atoms with Gasteiger partial charge in [0.2, 0.25) is 5.91 Å². The minimum absolute atomic E-state index is 0.0944. The normalized spacial score (nSPS) is 27.5. The number of nitrogens with one attached hydrogen (secondary N) is 1. The van der Waals surface area contributed by atoms with Crippen molar-refractivity contribution in [3.05, 3.63) is 0 Å². The van der Waals surface area contributed by atoms with Crippen LogP contribution in [0.4, 0.5) is 0 Å². The summed E-state index contributed by atoms with van der Waals surface area (Å²) in [6.07, 6.45) is 11.1. The molecule has 1 N–H and O–H groups in total. The Morgan fingerprint density at radius 2 is 1.65 bits per heavy atom. The topological polar surface area (TPSA) is 32.3 Å². The minimum atomic E-state index is 0.0944. The van der Waals surface area contributed by atoms with Crippen LogP contribution in [0.25, 0.3) is 0 Å². The Balaban J connectivity index is 1.88. The summed E-state index contributed by atoms with van der Waals surface area (Å²) in [5, 5.41) is 3.36. The molecular formula is C14H26N2O. The average Bonchev–Trinajstić information content (AvgIpc) is 2.67. The molecule has 3 nitrogen and oxygen atoms in total. The highest BCUT2D eigenvalue weighted by molar-refractivity contribution is 5.82. The van der Waals surface area contributed by atoms with Gasteiger partial charge >= 0.3 is 0 Å².